The number of ether oxygens (including phenoxy) is 2. The minimum Gasteiger partial charge on any atom is -0.495 e. The Morgan fingerprint density at radius 1 is 1.36 bits per heavy atom. The molecule has 2 rings (SSSR count). The summed E-state index contributed by atoms with van der Waals surface area (Å²) >= 11 is 6.08. The lowest BCUT2D eigenvalue weighted by atomic mass is 10.2. The van der Waals surface area contributed by atoms with Gasteiger partial charge in [-0.1, -0.05) is 11.6 Å². The highest BCUT2D eigenvalue weighted by Crippen LogP contribution is 2.27. The molecule has 0 bridgehead atoms. The zero-order chi connectivity index (χ0) is 18.4. The van der Waals surface area contributed by atoms with Gasteiger partial charge in [0.1, 0.15) is 5.75 Å². The van der Waals surface area contributed by atoms with E-state index < -0.39 is 0 Å². The molecule has 25 heavy (non-hydrogen) atoms. The van der Waals surface area contributed by atoms with Crippen molar-refractivity contribution in [3.05, 3.63) is 23.2 Å². The van der Waals surface area contributed by atoms with Crippen LogP contribution in [0, 0.1) is 0 Å². The smallest absolute Gasteiger partial charge is 0.410 e. The summed E-state index contributed by atoms with van der Waals surface area (Å²) < 4.78 is 10.1. The first kappa shape index (κ1) is 19.3. The monoisotopic (exact) mass is 370 g/mol. The molecule has 1 aliphatic rings. The van der Waals surface area contributed by atoms with Gasteiger partial charge in [0.25, 0.3) is 5.91 Å². The number of rotatable bonds is 5. The minimum atomic E-state index is -0.286. The van der Waals surface area contributed by atoms with Crippen LogP contribution >= 0.6 is 11.6 Å². The second-order valence-corrected chi connectivity index (χ2v) is 6.31. The number of carbonyl (C=O) groups excluding carboxylic acids is 2. The van der Waals surface area contributed by atoms with Gasteiger partial charge < -0.3 is 19.7 Å². The van der Waals surface area contributed by atoms with E-state index in [9.17, 15) is 9.59 Å². The quantitative estimate of drug-likeness (QED) is 0.812. The average molecular weight is 371 g/mol. The molecule has 1 heterocycles. The summed E-state index contributed by atoms with van der Waals surface area (Å²) in [5.74, 6) is 0.481. The Morgan fingerprint density at radius 3 is 2.60 bits per heavy atom. The number of benzene rings is 1. The Balaban J connectivity index is 1.88. The van der Waals surface area contributed by atoms with Crippen LogP contribution in [0.3, 0.4) is 0 Å². The number of quaternary nitrogens is 1. The molecule has 1 fully saturated rings. The summed E-state index contributed by atoms with van der Waals surface area (Å²) in [5, 5.41) is 3.33. The maximum absolute atomic E-state index is 12.5. The van der Waals surface area contributed by atoms with E-state index in [0.29, 0.717) is 49.2 Å². The summed E-state index contributed by atoms with van der Waals surface area (Å²) in [6.45, 7) is 6.62. The van der Waals surface area contributed by atoms with Crippen LogP contribution < -0.4 is 15.0 Å². The fourth-order valence-electron chi connectivity index (χ4n) is 2.80. The van der Waals surface area contributed by atoms with E-state index >= 15 is 0 Å². The standard InChI is InChI=1S/C17H24ClN3O4/c1-4-25-17(23)21-9-7-20(8-10-21)12(2)16(22)19-13-5-6-15(24-3)14(18)11-13/h5-6,11-12H,4,7-10H2,1-3H3,(H,19,22)/p+1/t12-/m1/s1. The van der Waals surface area contributed by atoms with Gasteiger partial charge in [-0.3, -0.25) is 9.69 Å². The van der Waals surface area contributed by atoms with E-state index in [1.54, 1.807) is 37.1 Å². The molecule has 2 amide bonds. The lowest BCUT2D eigenvalue weighted by molar-refractivity contribution is -0.917. The van der Waals surface area contributed by atoms with Crippen molar-refractivity contribution in [1.29, 1.82) is 0 Å². The maximum Gasteiger partial charge on any atom is 0.410 e. The second-order valence-electron chi connectivity index (χ2n) is 5.90. The molecule has 1 saturated heterocycles. The van der Waals surface area contributed by atoms with Gasteiger partial charge >= 0.3 is 6.09 Å². The number of nitrogens with zero attached hydrogens (tertiary/aromatic N) is 1. The third-order valence-corrected chi connectivity index (χ3v) is 4.65. The third-order valence-electron chi connectivity index (χ3n) is 4.36. The van der Waals surface area contributed by atoms with Crippen molar-refractivity contribution in [2.45, 2.75) is 19.9 Å². The molecule has 1 aromatic rings. The van der Waals surface area contributed by atoms with Gasteiger partial charge in [0.15, 0.2) is 6.04 Å². The lowest BCUT2D eigenvalue weighted by Crippen LogP contribution is -3.19. The Hall–Kier alpha value is -1.99. The molecular weight excluding hydrogens is 346 g/mol. The molecule has 7 nitrogen and oxygen atoms in total. The van der Waals surface area contributed by atoms with Gasteiger partial charge in [-0.15, -0.1) is 0 Å². The lowest BCUT2D eigenvalue weighted by Gasteiger charge is -2.34. The number of carbonyl (C=O) groups is 2. The van der Waals surface area contributed by atoms with Crippen molar-refractivity contribution < 1.29 is 24.0 Å². The molecular formula is C17H25ClN3O4+. The molecule has 0 aromatic heterocycles. The molecule has 0 radical (unpaired) electrons. The van der Waals surface area contributed by atoms with Crippen LogP contribution in [0.4, 0.5) is 10.5 Å². The van der Waals surface area contributed by atoms with Crippen molar-refractivity contribution >= 4 is 29.3 Å². The van der Waals surface area contributed by atoms with Crippen molar-refractivity contribution in [2.75, 3.05) is 45.2 Å². The van der Waals surface area contributed by atoms with Crippen LogP contribution in [-0.2, 0) is 9.53 Å². The Morgan fingerprint density at radius 2 is 2.04 bits per heavy atom. The Bertz CT molecular complexity index is 618. The third kappa shape index (κ3) is 4.99. The summed E-state index contributed by atoms with van der Waals surface area (Å²) in [5.41, 5.74) is 0.632. The number of piperazine rings is 1. The number of anilines is 1. The zero-order valence-electron chi connectivity index (χ0n) is 14.8. The highest BCUT2D eigenvalue weighted by atomic mass is 35.5. The van der Waals surface area contributed by atoms with Gasteiger partial charge in [0, 0.05) is 5.69 Å². The highest BCUT2D eigenvalue weighted by molar-refractivity contribution is 6.32. The number of nitrogens with one attached hydrogen (secondary N) is 2. The van der Waals surface area contributed by atoms with Crippen molar-refractivity contribution in [2.24, 2.45) is 0 Å². The number of hydrogen-bond acceptors (Lipinski definition) is 4. The van der Waals surface area contributed by atoms with Crippen LogP contribution in [0.5, 0.6) is 5.75 Å². The molecule has 0 aliphatic carbocycles. The van der Waals surface area contributed by atoms with Gasteiger partial charge in [0.2, 0.25) is 0 Å². The van der Waals surface area contributed by atoms with Crippen LogP contribution in [0.25, 0.3) is 0 Å². The van der Waals surface area contributed by atoms with Crippen LogP contribution in [0.2, 0.25) is 5.02 Å². The molecule has 2 N–H and O–H groups in total. The first-order chi connectivity index (χ1) is 12.0. The van der Waals surface area contributed by atoms with Crippen molar-refractivity contribution in [3.63, 3.8) is 0 Å². The van der Waals surface area contributed by atoms with Gasteiger partial charge in [-0.05, 0) is 32.0 Å². The SMILES string of the molecule is CCOC(=O)N1CC[NH+]([C@H](C)C(=O)Nc2ccc(OC)c(Cl)c2)CC1. The maximum atomic E-state index is 12.5. The molecule has 1 aromatic carbocycles. The highest BCUT2D eigenvalue weighted by Gasteiger charge is 2.31. The van der Waals surface area contributed by atoms with E-state index in [2.05, 4.69) is 5.32 Å². The van der Waals surface area contributed by atoms with E-state index in [-0.39, 0.29) is 18.0 Å². The minimum absolute atomic E-state index is 0.0826. The van der Waals surface area contributed by atoms with E-state index in [4.69, 9.17) is 21.1 Å². The molecule has 0 spiro atoms. The van der Waals surface area contributed by atoms with E-state index in [0.717, 1.165) is 4.90 Å². The zero-order valence-corrected chi connectivity index (χ0v) is 15.6. The number of halogens is 1. The summed E-state index contributed by atoms with van der Waals surface area (Å²) in [4.78, 5) is 27.0. The summed E-state index contributed by atoms with van der Waals surface area (Å²) in [6, 6.07) is 4.90. The van der Waals surface area contributed by atoms with Gasteiger partial charge in [-0.25, -0.2) is 4.79 Å². The average Bonchev–Trinajstić information content (AvgIpc) is 2.61. The summed E-state index contributed by atoms with van der Waals surface area (Å²) in [6.07, 6.45) is -0.286. The predicted molar refractivity (Wildman–Crippen MR) is 95.4 cm³/mol. The fourth-order valence-corrected chi connectivity index (χ4v) is 3.06. The number of methoxy groups -OCH3 is 1. The second kappa shape index (κ2) is 8.92. The van der Waals surface area contributed by atoms with Crippen LogP contribution in [0.1, 0.15) is 13.8 Å². The molecule has 1 atom stereocenters. The fraction of sp³-hybridized carbons (Fsp3) is 0.529. The molecule has 1 aliphatic heterocycles. The first-order valence-electron chi connectivity index (χ1n) is 8.37. The molecule has 8 heteroatoms. The predicted octanol–water partition coefficient (Wildman–Crippen LogP) is 1.03. The molecule has 0 unspecified atom stereocenters. The Kier molecular flexibility index (Phi) is 6.90. The number of hydrogen-bond donors (Lipinski definition) is 2. The first-order valence-corrected chi connectivity index (χ1v) is 8.74. The van der Waals surface area contributed by atoms with E-state index in [1.807, 2.05) is 6.92 Å². The molecule has 138 valence electrons. The largest absolute Gasteiger partial charge is 0.495 e. The van der Waals surface area contributed by atoms with E-state index in [1.165, 1.54) is 0 Å². The van der Waals surface area contributed by atoms with Crippen LogP contribution in [-0.4, -0.2) is 62.8 Å². The Labute approximate surface area is 152 Å². The van der Waals surface area contributed by atoms with Crippen molar-refractivity contribution in [1.82, 2.24) is 4.90 Å². The number of amides is 2. The summed E-state index contributed by atoms with van der Waals surface area (Å²) in [7, 11) is 1.54. The van der Waals surface area contributed by atoms with Crippen molar-refractivity contribution in [3.8, 4) is 5.75 Å². The topological polar surface area (TPSA) is 72.3 Å². The van der Waals surface area contributed by atoms with Gasteiger partial charge in [-0.2, -0.15) is 0 Å². The molecule has 0 saturated carbocycles. The van der Waals surface area contributed by atoms with Crippen LogP contribution in [0.15, 0.2) is 18.2 Å². The van der Waals surface area contributed by atoms with Gasteiger partial charge in [0.05, 0.1) is 44.9 Å². The normalized spacial score (nSPS) is 16.2.